The number of carbonyl (C=O) groups is 1. The lowest BCUT2D eigenvalue weighted by molar-refractivity contribution is 0.252. The molecule has 0 spiro atoms. The molecule has 0 saturated carbocycles. The normalized spacial score (nSPS) is 10.3. The van der Waals surface area contributed by atoms with Crippen LogP contribution in [-0.4, -0.2) is 17.7 Å². The first-order chi connectivity index (χ1) is 10.7. The van der Waals surface area contributed by atoms with Crippen molar-refractivity contribution < 1.29 is 9.90 Å². The molecule has 0 aromatic heterocycles. The van der Waals surface area contributed by atoms with Gasteiger partial charge in [-0.1, -0.05) is 49.4 Å². The van der Waals surface area contributed by atoms with Crippen LogP contribution in [0.15, 0.2) is 48.5 Å². The Labute approximate surface area is 131 Å². The van der Waals surface area contributed by atoms with Gasteiger partial charge in [-0.3, -0.25) is 0 Å². The fraction of sp³-hybridized carbons (Fsp3) is 0.278. The van der Waals surface area contributed by atoms with Gasteiger partial charge in [-0.05, 0) is 35.6 Å². The SMILES string of the molecule is CCc1ccccc1NC(=O)NCCc1ccc(CO)cc1. The minimum atomic E-state index is -0.187. The molecular formula is C18H22N2O2. The molecule has 0 aliphatic carbocycles. The molecule has 3 N–H and O–H groups in total. The Kier molecular flexibility index (Phi) is 5.98. The van der Waals surface area contributed by atoms with Crippen molar-refractivity contribution in [2.24, 2.45) is 0 Å². The molecule has 2 aromatic rings. The predicted octanol–water partition coefficient (Wildman–Crippen LogP) is 3.11. The third kappa shape index (κ3) is 4.60. The lowest BCUT2D eigenvalue weighted by atomic mass is 10.1. The summed E-state index contributed by atoms with van der Waals surface area (Å²) in [6, 6.07) is 15.3. The molecule has 2 rings (SSSR count). The molecule has 2 aromatic carbocycles. The summed E-state index contributed by atoms with van der Waals surface area (Å²) >= 11 is 0. The highest BCUT2D eigenvalue weighted by atomic mass is 16.3. The van der Waals surface area contributed by atoms with E-state index in [4.69, 9.17) is 5.11 Å². The van der Waals surface area contributed by atoms with E-state index in [1.807, 2.05) is 48.5 Å². The molecule has 0 bridgehead atoms. The van der Waals surface area contributed by atoms with Gasteiger partial charge >= 0.3 is 6.03 Å². The van der Waals surface area contributed by atoms with Gasteiger partial charge in [0.1, 0.15) is 0 Å². The Morgan fingerprint density at radius 3 is 2.41 bits per heavy atom. The molecule has 2 amide bonds. The van der Waals surface area contributed by atoms with Crippen molar-refractivity contribution in [3.05, 3.63) is 65.2 Å². The summed E-state index contributed by atoms with van der Waals surface area (Å²) in [7, 11) is 0. The van der Waals surface area contributed by atoms with Gasteiger partial charge in [-0.25, -0.2) is 4.79 Å². The first-order valence-corrected chi connectivity index (χ1v) is 7.54. The average Bonchev–Trinajstić information content (AvgIpc) is 2.56. The number of benzene rings is 2. The number of aryl methyl sites for hydroxylation is 1. The topological polar surface area (TPSA) is 61.4 Å². The molecule has 0 unspecified atom stereocenters. The van der Waals surface area contributed by atoms with Crippen molar-refractivity contribution in [2.45, 2.75) is 26.4 Å². The van der Waals surface area contributed by atoms with E-state index in [2.05, 4.69) is 17.6 Å². The van der Waals surface area contributed by atoms with Crippen molar-refractivity contribution in [3.63, 3.8) is 0 Å². The monoisotopic (exact) mass is 298 g/mol. The van der Waals surface area contributed by atoms with Gasteiger partial charge in [0.15, 0.2) is 0 Å². The zero-order valence-electron chi connectivity index (χ0n) is 12.8. The van der Waals surface area contributed by atoms with E-state index in [-0.39, 0.29) is 12.6 Å². The third-order valence-corrected chi connectivity index (χ3v) is 3.55. The molecule has 0 atom stereocenters. The first-order valence-electron chi connectivity index (χ1n) is 7.54. The zero-order valence-corrected chi connectivity index (χ0v) is 12.8. The van der Waals surface area contributed by atoms with Gasteiger partial charge in [0.25, 0.3) is 0 Å². The number of anilines is 1. The number of aliphatic hydroxyl groups is 1. The second-order valence-corrected chi connectivity index (χ2v) is 5.12. The summed E-state index contributed by atoms with van der Waals surface area (Å²) in [6.45, 7) is 2.69. The molecule has 0 radical (unpaired) electrons. The van der Waals surface area contributed by atoms with Crippen LogP contribution in [0.3, 0.4) is 0 Å². The van der Waals surface area contributed by atoms with Crippen molar-refractivity contribution in [3.8, 4) is 0 Å². The summed E-state index contributed by atoms with van der Waals surface area (Å²) < 4.78 is 0. The van der Waals surface area contributed by atoms with Crippen LogP contribution in [0.2, 0.25) is 0 Å². The van der Waals surface area contributed by atoms with E-state index in [9.17, 15) is 4.79 Å². The van der Waals surface area contributed by atoms with Crippen LogP contribution in [0.5, 0.6) is 0 Å². The standard InChI is InChI=1S/C18H22N2O2/c1-2-16-5-3-4-6-17(16)20-18(22)19-12-11-14-7-9-15(13-21)10-8-14/h3-10,21H,2,11-13H2,1H3,(H2,19,20,22). The third-order valence-electron chi connectivity index (χ3n) is 3.55. The smallest absolute Gasteiger partial charge is 0.319 e. The minimum Gasteiger partial charge on any atom is -0.392 e. The van der Waals surface area contributed by atoms with Crippen molar-refractivity contribution in [2.75, 3.05) is 11.9 Å². The molecule has 0 aliphatic rings. The number of amides is 2. The summed E-state index contributed by atoms with van der Waals surface area (Å²) in [5.41, 5.74) is 4.00. The molecule has 22 heavy (non-hydrogen) atoms. The van der Waals surface area contributed by atoms with Crippen LogP contribution >= 0.6 is 0 Å². The fourth-order valence-electron chi connectivity index (χ4n) is 2.25. The van der Waals surface area contributed by atoms with Crippen LogP contribution in [0.1, 0.15) is 23.6 Å². The molecule has 0 heterocycles. The molecule has 0 aliphatic heterocycles. The highest BCUT2D eigenvalue weighted by Crippen LogP contribution is 2.15. The van der Waals surface area contributed by atoms with Crippen molar-refractivity contribution in [1.82, 2.24) is 5.32 Å². The molecule has 4 nitrogen and oxygen atoms in total. The number of para-hydroxylation sites is 1. The highest BCUT2D eigenvalue weighted by Gasteiger charge is 2.04. The minimum absolute atomic E-state index is 0.0533. The second-order valence-electron chi connectivity index (χ2n) is 5.12. The summed E-state index contributed by atoms with van der Waals surface area (Å²) in [4.78, 5) is 11.9. The number of carbonyl (C=O) groups excluding carboxylic acids is 1. The molecular weight excluding hydrogens is 276 g/mol. The number of nitrogens with one attached hydrogen (secondary N) is 2. The lowest BCUT2D eigenvalue weighted by Crippen LogP contribution is -2.30. The quantitative estimate of drug-likeness (QED) is 0.767. The van der Waals surface area contributed by atoms with Crippen LogP contribution in [0.4, 0.5) is 10.5 Å². The van der Waals surface area contributed by atoms with Gasteiger partial charge in [0.05, 0.1) is 6.61 Å². The Morgan fingerprint density at radius 2 is 1.73 bits per heavy atom. The van der Waals surface area contributed by atoms with E-state index in [0.717, 1.165) is 35.2 Å². The molecule has 4 heteroatoms. The Hall–Kier alpha value is -2.33. The van der Waals surface area contributed by atoms with Crippen molar-refractivity contribution >= 4 is 11.7 Å². The molecule has 0 saturated heterocycles. The van der Waals surface area contributed by atoms with Gasteiger partial charge in [0.2, 0.25) is 0 Å². The van der Waals surface area contributed by atoms with Crippen molar-refractivity contribution in [1.29, 1.82) is 0 Å². The summed E-state index contributed by atoms with van der Waals surface area (Å²) in [5.74, 6) is 0. The second kappa shape index (κ2) is 8.20. The Morgan fingerprint density at radius 1 is 1.05 bits per heavy atom. The van der Waals surface area contributed by atoms with Gasteiger partial charge in [-0.2, -0.15) is 0 Å². The Balaban J connectivity index is 1.80. The van der Waals surface area contributed by atoms with E-state index >= 15 is 0 Å². The fourth-order valence-corrected chi connectivity index (χ4v) is 2.25. The predicted molar refractivity (Wildman–Crippen MR) is 88.9 cm³/mol. The zero-order chi connectivity index (χ0) is 15.8. The Bertz CT molecular complexity index is 609. The lowest BCUT2D eigenvalue weighted by Gasteiger charge is -2.11. The van der Waals surface area contributed by atoms with Gasteiger partial charge in [-0.15, -0.1) is 0 Å². The largest absolute Gasteiger partial charge is 0.392 e. The van der Waals surface area contributed by atoms with E-state index in [1.54, 1.807) is 0 Å². The first kappa shape index (κ1) is 16.0. The number of hydrogen-bond donors (Lipinski definition) is 3. The summed E-state index contributed by atoms with van der Waals surface area (Å²) in [5, 5.41) is 14.7. The van der Waals surface area contributed by atoms with E-state index in [0.29, 0.717) is 6.54 Å². The van der Waals surface area contributed by atoms with E-state index in [1.165, 1.54) is 0 Å². The van der Waals surface area contributed by atoms with Crippen LogP contribution in [0, 0.1) is 0 Å². The molecule has 0 fully saturated rings. The maximum Gasteiger partial charge on any atom is 0.319 e. The number of aliphatic hydroxyl groups excluding tert-OH is 1. The molecule has 116 valence electrons. The van der Waals surface area contributed by atoms with Crippen LogP contribution in [-0.2, 0) is 19.4 Å². The number of rotatable bonds is 6. The average molecular weight is 298 g/mol. The maximum absolute atomic E-state index is 11.9. The van der Waals surface area contributed by atoms with Crippen LogP contribution < -0.4 is 10.6 Å². The van der Waals surface area contributed by atoms with Crippen LogP contribution in [0.25, 0.3) is 0 Å². The van der Waals surface area contributed by atoms with Gasteiger partial charge in [0, 0.05) is 12.2 Å². The highest BCUT2D eigenvalue weighted by molar-refractivity contribution is 5.90. The number of hydrogen-bond acceptors (Lipinski definition) is 2. The van der Waals surface area contributed by atoms with E-state index < -0.39 is 0 Å². The maximum atomic E-state index is 11.9. The number of urea groups is 1. The summed E-state index contributed by atoms with van der Waals surface area (Å²) in [6.07, 6.45) is 1.64. The van der Waals surface area contributed by atoms with Gasteiger partial charge < -0.3 is 15.7 Å².